The Balaban J connectivity index is 0.00000176. The lowest BCUT2D eigenvalue weighted by molar-refractivity contribution is 0.412. The van der Waals surface area contributed by atoms with E-state index in [1.54, 1.807) is 12.1 Å². The minimum Gasteiger partial charge on any atom is -0.370 e. The number of aliphatic imine (C=N–C) groups is 1. The summed E-state index contributed by atoms with van der Waals surface area (Å²) in [6.07, 6.45) is 6.94. The van der Waals surface area contributed by atoms with Crippen molar-refractivity contribution in [1.82, 2.24) is 5.32 Å². The molecule has 122 valence electrons. The van der Waals surface area contributed by atoms with Crippen molar-refractivity contribution in [3.05, 3.63) is 34.6 Å². The summed E-state index contributed by atoms with van der Waals surface area (Å²) in [4.78, 5) is 4.48. The molecule has 2 fully saturated rings. The van der Waals surface area contributed by atoms with Gasteiger partial charge in [0.25, 0.3) is 0 Å². The summed E-state index contributed by atoms with van der Waals surface area (Å²) in [5, 5.41) is 3.78. The summed E-state index contributed by atoms with van der Waals surface area (Å²) in [6, 6.07) is 5.29. The molecule has 0 radical (unpaired) electrons. The molecule has 0 aromatic heterocycles. The molecule has 2 atom stereocenters. The maximum atomic E-state index is 13.8. The number of guanidine groups is 1. The fourth-order valence-electron chi connectivity index (χ4n) is 3.17. The molecule has 3 nitrogen and oxygen atoms in total. The zero-order chi connectivity index (χ0) is 14.8. The van der Waals surface area contributed by atoms with Gasteiger partial charge in [0.2, 0.25) is 0 Å². The van der Waals surface area contributed by atoms with Crippen LogP contribution >= 0.6 is 35.6 Å². The second-order valence-corrected chi connectivity index (χ2v) is 6.45. The Morgan fingerprint density at radius 1 is 1.27 bits per heavy atom. The molecular formula is C16H22ClFIN3. The second-order valence-electron chi connectivity index (χ2n) is 6.04. The Bertz CT molecular complexity index is 526. The van der Waals surface area contributed by atoms with Gasteiger partial charge in [0, 0.05) is 22.5 Å². The highest BCUT2D eigenvalue weighted by atomic mass is 127. The Morgan fingerprint density at radius 3 is 2.68 bits per heavy atom. The van der Waals surface area contributed by atoms with Crippen LogP contribution in [0.5, 0.6) is 0 Å². The lowest BCUT2D eigenvalue weighted by atomic mass is 9.96. The number of halogens is 3. The van der Waals surface area contributed by atoms with Gasteiger partial charge in [-0.3, -0.25) is 0 Å². The largest absolute Gasteiger partial charge is 0.370 e. The average Bonchev–Trinajstić information content (AvgIpc) is 3.18. The third kappa shape index (κ3) is 4.25. The van der Waals surface area contributed by atoms with E-state index in [1.807, 2.05) is 0 Å². The molecule has 0 spiro atoms. The van der Waals surface area contributed by atoms with Crippen molar-refractivity contribution < 1.29 is 4.39 Å². The van der Waals surface area contributed by atoms with E-state index in [4.69, 9.17) is 17.3 Å². The van der Waals surface area contributed by atoms with Crippen LogP contribution in [0.3, 0.4) is 0 Å². The van der Waals surface area contributed by atoms with E-state index < -0.39 is 0 Å². The molecule has 22 heavy (non-hydrogen) atoms. The minimum absolute atomic E-state index is 0. The number of hydrogen-bond donors (Lipinski definition) is 2. The summed E-state index contributed by atoms with van der Waals surface area (Å²) in [6.45, 7) is 0. The van der Waals surface area contributed by atoms with Gasteiger partial charge in [-0.25, -0.2) is 9.38 Å². The summed E-state index contributed by atoms with van der Waals surface area (Å²) >= 11 is 6.09. The molecule has 1 aromatic carbocycles. The van der Waals surface area contributed by atoms with Crippen molar-refractivity contribution in [3.63, 3.8) is 0 Å². The van der Waals surface area contributed by atoms with E-state index in [2.05, 4.69) is 10.3 Å². The summed E-state index contributed by atoms with van der Waals surface area (Å²) in [5.41, 5.74) is 6.56. The number of nitrogens with zero attached hydrogens (tertiary/aromatic N) is 1. The highest BCUT2D eigenvalue weighted by molar-refractivity contribution is 14.0. The van der Waals surface area contributed by atoms with Gasteiger partial charge in [-0.2, -0.15) is 0 Å². The Labute approximate surface area is 152 Å². The van der Waals surface area contributed by atoms with E-state index in [0.29, 0.717) is 22.6 Å². The van der Waals surface area contributed by atoms with Gasteiger partial charge >= 0.3 is 0 Å². The Morgan fingerprint density at radius 2 is 2.00 bits per heavy atom. The van der Waals surface area contributed by atoms with Crippen LogP contribution in [-0.2, 0) is 0 Å². The fourth-order valence-corrected chi connectivity index (χ4v) is 3.47. The number of hydrogen-bond acceptors (Lipinski definition) is 1. The Hall–Kier alpha value is -0.560. The lowest BCUT2D eigenvalue weighted by Crippen LogP contribution is -2.41. The second kappa shape index (κ2) is 7.81. The fraction of sp³-hybridized carbons (Fsp3) is 0.562. The van der Waals surface area contributed by atoms with Gasteiger partial charge in [0.1, 0.15) is 5.82 Å². The van der Waals surface area contributed by atoms with Gasteiger partial charge < -0.3 is 11.1 Å². The van der Waals surface area contributed by atoms with Crippen LogP contribution in [0.4, 0.5) is 4.39 Å². The molecule has 0 aliphatic heterocycles. The first-order valence-electron chi connectivity index (χ1n) is 7.69. The number of nitrogens with one attached hydrogen (secondary N) is 1. The molecule has 2 aliphatic rings. The predicted molar refractivity (Wildman–Crippen MR) is 99.6 cm³/mol. The molecule has 3 N–H and O–H groups in total. The first-order valence-corrected chi connectivity index (χ1v) is 8.06. The van der Waals surface area contributed by atoms with Crippen LogP contribution in [0, 0.1) is 5.82 Å². The predicted octanol–water partition coefficient (Wildman–Crippen LogP) is 4.19. The van der Waals surface area contributed by atoms with Crippen LogP contribution in [-0.4, -0.2) is 18.0 Å². The molecule has 2 aliphatic carbocycles. The summed E-state index contributed by atoms with van der Waals surface area (Å²) in [5.74, 6) is 0.302. The van der Waals surface area contributed by atoms with E-state index in [9.17, 15) is 4.39 Å². The van der Waals surface area contributed by atoms with Crippen LogP contribution in [0.15, 0.2) is 23.2 Å². The minimum atomic E-state index is -0.246. The molecule has 0 heterocycles. The molecule has 2 unspecified atom stereocenters. The monoisotopic (exact) mass is 437 g/mol. The zero-order valence-electron chi connectivity index (χ0n) is 12.4. The quantitative estimate of drug-likeness (QED) is 0.423. The van der Waals surface area contributed by atoms with Crippen molar-refractivity contribution in [2.24, 2.45) is 10.7 Å². The van der Waals surface area contributed by atoms with Crippen LogP contribution in [0.25, 0.3) is 0 Å². The third-order valence-corrected chi connectivity index (χ3v) is 4.72. The SMILES string of the molecule is I.NC(=NC1CC1c1c(F)cccc1Cl)NC1CCCCC1. The molecule has 0 saturated heterocycles. The summed E-state index contributed by atoms with van der Waals surface area (Å²) in [7, 11) is 0. The lowest BCUT2D eigenvalue weighted by Gasteiger charge is -2.23. The van der Waals surface area contributed by atoms with E-state index in [-0.39, 0.29) is 41.8 Å². The average molecular weight is 438 g/mol. The number of benzene rings is 1. The van der Waals surface area contributed by atoms with Crippen LogP contribution in [0.1, 0.15) is 50.0 Å². The molecule has 0 amide bonds. The van der Waals surface area contributed by atoms with Gasteiger partial charge in [-0.05, 0) is 31.4 Å². The molecule has 2 saturated carbocycles. The first-order chi connectivity index (χ1) is 10.1. The van der Waals surface area contributed by atoms with Crippen molar-refractivity contribution >= 4 is 41.5 Å². The van der Waals surface area contributed by atoms with E-state index >= 15 is 0 Å². The van der Waals surface area contributed by atoms with E-state index in [0.717, 1.165) is 19.3 Å². The standard InChI is InChI=1S/C16H21ClFN3.HI/c17-12-7-4-8-13(18)15(12)11-9-14(11)21-16(19)20-10-5-2-1-3-6-10;/h4,7-8,10-11,14H,1-3,5-6,9H2,(H3,19,20,21);1H. The zero-order valence-corrected chi connectivity index (χ0v) is 15.5. The maximum Gasteiger partial charge on any atom is 0.189 e. The molecular weight excluding hydrogens is 416 g/mol. The van der Waals surface area contributed by atoms with Crippen molar-refractivity contribution in [1.29, 1.82) is 0 Å². The maximum absolute atomic E-state index is 13.8. The molecule has 6 heteroatoms. The topological polar surface area (TPSA) is 50.4 Å². The molecule has 1 aromatic rings. The smallest absolute Gasteiger partial charge is 0.189 e. The summed E-state index contributed by atoms with van der Waals surface area (Å²) < 4.78 is 13.8. The van der Waals surface area contributed by atoms with Gasteiger partial charge in [0.15, 0.2) is 5.96 Å². The first kappa shape index (κ1) is 17.8. The van der Waals surface area contributed by atoms with Gasteiger partial charge in [-0.15, -0.1) is 24.0 Å². The van der Waals surface area contributed by atoms with Crippen molar-refractivity contribution in [2.45, 2.75) is 56.5 Å². The third-order valence-electron chi connectivity index (χ3n) is 4.39. The Kier molecular flexibility index (Phi) is 6.32. The van der Waals surface area contributed by atoms with Crippen molar-refractivity contribution in [2.75, 3.05) is 0 Å². The highest BCUT2D eigenvalue weighted by Crippen LogP contribution is 2.47. The van der Waals surface area contributed by atoms with Gasteiger partial charge in [0.05, 0.1) is 6.04 Å². The normalized spacial score (nSPS) is 25.5. The van der Waals surface area contributed by atoms with Crippen LogP contribution < -0.4 is 11.1 Å². The highest BCUT2D eigenvalue weighted by Gasteiger charge is 2.41. The molecule has 0 bridgehead atoms. The molecule has 3 rings (SSSR count). The van der Waals surface area contributed by atoms with E-state index in [1.165, 1.54) is 25.3 Å². The van der Waals surface area contributed by atoms with Crippen LogP contribution in [0.2, 0.25) is 5.02 Å². The number of rotatable bonds is 3. The van der Waals surface area contributed by atoms with Crippen molar-refractivity contribution in [3.8, 4) is 0 Å². The van der Waals surface area contributed by atoms with Gasteiger partial charge in [-0.1, -0.05) is 36.9 Å². The number of nitrogens with two attached hydrogens (primary N) is 1.